The first-order valence-corrected chi connectivity index (χ1v) is 11.2. The highest BCUT2D eigenvalue weighted by atomic mass is 35.5. The highest BCUT2D eigenvalue weighted by molar-refractivity contribution is 6.49. The summed E-state index contributed by atoms with van der Waals surface area (Å²) in [5.74, 6) is -0.406. The lowest BCUT2D eigenvalue weighted by Gasteiger charge is -2.30. The van der Waals surface area contributed by atoms with E-state index in [1.54, 1.807) is 6.92 Å². The van der Waals surface area contributed by atoms with Gasteiger partial charge in [0, 0.05) is 38.2 Å². The standard InChI is InChI=1S/C25H24Cl4N2/c1-14-5-7-20(23(30)11-14)21-13-19(6-8-22(21)27)31-16(3)24(25(4,28)29)17-9-15(2)10-18(26)12-17/h5-13,24,31H,3,30H2,1-2,4H3. The second kappa shape index (κ2) is 9.34. The Bertz CT molecular complexity index is 1110. The van der Waals surface area contributed by atoms with Crippen molar-refractivity contribution in [3.8, 4) is 11.1 Å². The number of benzene rings is 3. The van der Waals surface area contributed by atoms with Gasteiger partial charge in [-0.05, 0) is 73.9 Å². The fraction of sp³-hybridized carbons (Fsp3) is 0.200. The maximum atomic E-state index is 6.57. The molecule has 0 fully saturated rings. The van der Waals surface area contributed by atoms with Crippen molar-refractivity contribution in [1.29, 1.82) is 0 Å². The molecule has 0 aliphatic heterocycles. The molecule has 3 aromatic carbocycles. The maximum Gasteiger partial charge on any atom is 0.127 e. The van der Waals surface area contributed by atoms with Crippen molar-refractivity contribution in [3.05, 3.63) is 93.6 Å². The SMILES string of the molecule is C=C(Nc1ccc(Cl)c(-c2ccc(C)cc2N)c1)C(c1cc(C)cc(Cl)c1)C(C)(Cl)Cl. The predicted octanol–water partition coefficient (Wildman–Crippen LogP) is 8.76. The van der Waals surface area contributed by atoms with Crippen LogP contribution in [0.25, 0.3) is 11.1 Å². The van der Waals surface area contributed by atoms with Crippen molar-refractivity contribution in [2.24, 2.45) is 0 Å². The van der Waals surface area contributed by atoms with Crippen LogP contribution in [0.4, 0.5) is 11.4 Å². The fourth-order valence-corrected chi connectivity index (χ4v) is 4.76. The molecule has 1 atom stereocenters. The highest BCUT2D eigenvalue weighted by Gasteiger charge is 2.34. The van der Waals surface area contributed by atoms with Gasteiger partial charge in [-0.15, -0.1) is 23.2 Å². The number of halogens is 4. The highest BCUT2D eigenvalue weighted by Crippen LogP contribution is 2.43. The predicted molar refractivity (Wildman–Crippen MR) is 138 cm³/mol. The van der Waals surface area contributed by atoms with Crippen molar-refractivity contribution in [2.45, 2.75) is 31.0 Å². The van der Waals surface area contributed by atoms with Gasteiger partial charge in [0.1, 0.15) is 4.33 Å². The van der Waals surface area contributed by atoms with Crippen LogP contribution >= 0.6 is 46.4 Å². The van der Waals surface area contributed by atoms with Crippen LogP contribution in [0.15, 0.2) is 66.9 Å². The molecule has 0 aromatic heterocycles. The van der Waals surface area contributed by atoms with Crippen molar-refractivity contribution in [1.82, 2.24) is 0 Å². The van der Waals surface area contributed by atoms with Crippen LogP contribution in [0.1, 0.15) is 29.5 Å². The van der Waals surface area contributed by atoms with Gasteiger partial charge in [-0.2, -0.15) is 0 Å². The van der Waals surface area contributed by atoms with Crippen LogP contribution in [0.3, 0.4) is 0 Å². The summed E-state index contributed by atoms with van der Waals surface area (Å²) in [5.41, 5.74) is 13.0. The largest absolute Gasteiger partial charge is 0.398 e. The Balaban J connectivity index is 1.97. The van der Waals surface area contributed by atoms with Crippen LogP contribution in [-0.4, -0.2) is 4.33 Å². The monoisotopic (exact) mass is 492 g/mol. The lowest BCUT2D eigenvalue weighted by molar-refractivity contribution is 0.717. The summed E-state index contributed by atoms with van der Waals surface area (Å²) in [6.45, 7) is 9.93. The molecule has 0 saturated carbocycles. The first-order chi connectivity index (χ1) is 14.5. The minimum atomic E-state index is -1.11. The molecule has 162 valence electrons. The third-order valence-electron chi connectivity index (χ3n) is 5.02. The van der Waals surface area contributed by atoms with Crippen LogP contribution in [0.2, 0.25) is 10.0 Å². The maximum absolute atomic E-state index is 6.57. The zero-order chi connectivity index (χ0) is 22.9. The van der Waals surface area contributed by atoms with E-state index >= 15 is 0 Å². The molecule has 0 heterocycles. The molecule has 0 radical (unpaired) electrons. The van der Waals surface area contributed by atoms with Crippen LogP contribution in [-0.2, 0) is 0 Å². The van der Waals surface area contributed by atoms with Gasteiger partial charge < -0.3 is 11.1 Å². The summed E-state index contributed by atoms with van der Waals surface area (Å²) in [7, 11) is 0. The van der Waals surface area contributed by atoms with Gasteiger partial charge in [-0.1, -0.05) is 48.0 Å². The number of alkyl halides is 2. The Morgan fingerprint density at radius 1 is 0.935 bits per heavy atom. The molecule has 6 heteroatoms. The molecule has 2 nitrogen and oxygen atoms in total. The first-order valence-electron chi connectivity index (χ1n) is 9.72. The van der Waals surface area contributed by atoms with E-state index in [2.05, 4.69) is 11.9 Å². The van der Waals surface area contributed by atoms with E-state index in [9.17, 15) is 0 Å². The number of nitrogen functional groups attached to an aromatic ring is 1. The quantitative estimate of drug-likeness (QED) is 0.266. The van der Waals surface area contributed by atoms with Crippen molar-refractivity contribution < 1.29 is 0 Å². The van der Waals surface area contributed by atoms with E-state index < -0.39 is 10.3 Å². The Morgan fingerprint density at radius 3 is 2.26 bits per heavy atom. The number of nitrogens with one attached hydrogen (secondary N) is 1. The second-order valence-corrected chi connectivity index (χ2v) is 10.5. The molecule has 0 saturated heterocycles. The molecule has 0 spiro atoms. The summed E-state index contributed by atoms with van der Waals surface area (Å²) in [4.78, 5) is 0. The molecule has 31 heavy (non-hydrogen) atoms. The van der Waals surface area contributed by atoms with Crippen LogP contribution in [0.5, 0.6) is 0 Å². The smallest absolute Gasteiger partial charge is 0.127 e. The van der Waals surface area contributed by atoms with Gasteiger partial charge in [-0.25, -0.2) is 0 Å². The van der Waals surface area contributed by atoms with Crippen molar-refractivity contribution in [2.75, 3.05) is 11.1 Å². The van der Waals surface area contributed by atoms with Gasteiger partial charge >= 0.3 is 0 Å². The van der Waals surface area contributed by atoms with Crippen molar-refractivity contribution >= 4 is 57.8 Å². The van der Waals surface area contributed by atoms with Gasteiger partial charge in [-0.3, -0.25) is 0 Å². The zero-order valence-corrected chi connectivity index (χ0v) is 20.6. The summed E-state index contributed by atoms with van der Waals surface area (Å²) >= 11 is 25.9. The topological polar surface area (TPSA) is 38.0 Å². The lowest BCUT2D eigenvalue weighted by atomic mass is 9.91. The molecule has 0 aliphatic rings. The van der Waals surface area contributed by atoms with Gasteiger partial charge in [0.2, 0.25) is 0 Å². The number of anilines is 2. The summed E-state index contributed by atoms with van der Waals surface area (Å²) < 4.78 is -1.11. The molecule has 0 aliphatic carbocycles. The third-order valence-corrected chi connectivity index (χ3v) is 6.01. The second-order valence-electron chi connectivity index (χ2n) is 7.89. The van der Waals surface area contributed by atoms with E-state index in [4.69, 9.17) is 52.1 Å². The number of aryl methyl sites for hydroxylation is 2. The molecule has 3 aromatic rings. The number of nitrogens with two attached hydrogens (primary N) is 1. The average Bonchev–Trinajstić information content (AvgIpc) is 2.62. The normalized spacial score (nSPS) is 12.5. The van der Waals surface area contributed by atoms with E-state index in [0.717, 1.165) is 33.5 Å². The molecule has 1 unspecified atom stereocenters. The summed E-state index contributed by atoms with van der Waals surface area (Å²) in [6, 6.07) is 17.3. The summed E-state index contributed by atoms with van der Waals surface area (Å²) in [6.07, 6.45) is 0. The number of hydrogen-bond acceptors (Lipinski definition) is 2. The third kappa shape index (κ3) is 5.70. The minimum Gasteiger partial charge on any atom is -0.398 e. The molecule has 3 N–H and O–H groups in total. The molecular formula is C25H24Cl4N2. The minimum absolute atomic E-state index is 0.406. The molecule has 0 amide bonds. The Morgan fingerprint density at radius 2 is 1.65 bits per heavy atom. The molecule has 0 bridgehead atoms. The first kappa shape index (κ1) is 23.8. The van der Waals surface area contributed by atoms with E-state index in [1.165, 1.54) is 0 Å². The average molecular weight is 494 g/mol. The fourth-order valence-electron chi connectivity index (χ4n) is 3.73. The number of allylic oxidation sites excluding steroid dienone is 1. The van der Waals surface area contributed by atoms with E-state index in [0.29, 0.717) is 21.4 Å². The molecule has 3 rings (SSSR count). The van der Waals surface area contributed by atoms with E-state index in [-0.39, 0.29) is 0 Å². The van der Waals surface area contributed by atoms with Gasteiger partial charge in [0.05, 0.1) is 5.92 Å². The summed E-state index contributed by atoms with van der Waals surface area (Å²) in [5, 5.41) is 4.57. The van der Waals surface area contributed by atoms with Crippen LogP contribution < -0.4 is 11.1 Å². The number of rotatable bonds is 6. The zero-order valence-electron chi connectivity index (χ0n) is 17.6. The van der Waals surface area contributed by atoms with Crippen LogP contribution in [0, 0.1) is 13.8 Å². The lowest BCUT2D eigenvalue weighted by Crippen LogP contribution is -2.25. The Kier molecular flexibility index (Phi) is 7.18. The number of hydrogen-bond donors (Lipinski definition) is 2. The van der Waals surface area contributed by atoms with Gasteiger partial charge in [0.25, 0.3) is 0 Å². The molecular weight excluding hydrogens is 470 g/mol. The van der Waals surface area contributed by atoms with Crippen molar-refractivity contribution in [3.63, 3.8) is 0 Å². The Hall–Kier alpha value is -1.84. The Labute approximate surface area is 204 Å². The van der Waals surface area contributed by atoms with Gasteiger partial charge in [0.15, 0.2) is 0 Å². The van der Waals surface area contributed by atoms with E-state index in [1.807, 2.05) is 68.4 Å².